The molecule has 0 fully saturated rings. The van der Waals surface area contributed by atoms with Crippen molar-refractivity contribution < 1.29 is 4.42 Å². The minimum atomic E-state index is 0.820. The zero-order valence-corrected chi connectivity index (χ0v) is 12.6. The average molecular weight is 312 g/mol. The van der Waals surface area contributed by atoms with Crippen LogP contribution in [0.4, 0.5) is 0 Å². The average Bonchev–Trinajstić information content (AvgIpc) is 2.92. The van der Waals surface area contributed by atoms with Crippen LogP contribution in [0.5, 0.6) is 0 Å². The Kier molecular flexibility index (Phi) is 4.24. The molecule has 0 unspecified atom stereocenters. The number of nitrogens with zero attached hydrogens (tertiary/aromatic N) is 3. The lowest BCUT2D eigenvalue weighted by Crippen LogP contribution is -2.23. The number of halogens is 1. The van der Waals surface area contributed by atoms with E-state index in [1.165, 1.54) is 5.69 Å². The maximum atomic E-state index is 5.39. The second-order valence-corrected chi connectivity index (χ2v) is 5.15. The fraction of sp³-hybridized carbons (Fsp3) is 0.462. The van der Waals surface area contributed by atoms with E-state index in [2.05, 4.69) is 32.9 Å². The molecule has 0 N–H and O–H groups in total. The van der Waals surface area contributed by atoms with E-state index in [0.717, 1.165) is 35.6 Å². The lowest BCUT2D eigenvalue weighted by molar-refractivity contribution is 0.241. The fourth-order valence-electron chi connectivity index (χ4n) is 1.97. The summed E-state index contributed by atoms with van der Waals surface area (Å²) < 4.78 is 8.43. The molecule has 0 amide bonds. The molecular weight excluding hydrogens is 294 g/mol. The SMILES string of the molecule is CCN(Cc1ccco1)Cc1c(Br)c(C)nn1C. The van der Waals surface area contributed by atoms with Crippen LogP contribution < -0.4 is 0 Å². The summed E-state index contributed by atoms with van der Waals surface area (Å²) in [6.07, 6.45) is 1.72. The minimum Gasteiger partial charge on any atom is -0.468 e. The first kappa shape index (κ1) is 13.4. The van der Waals surface area contributed by atoms with Crippen molar-refractivity contribution in [3.63, 3.8) is 0 Å². The van der Waals surface area contributed by atoms with E-state index in [4.69, 9.17) is 4.42 Å². The molecule has 0 atom stereocenters. The first-order valence-corrected chi connectivity index (χ1v) is 6.83. The van der Waals surface area contributed by atoms with Crippen molar-refractivity contribution in [2.45, 2.75) is 26.9 Å². The summed E-state index contributed by atoms with van der Waals surface area (Å²) in [5.41, 5.74) is 2.22. The zero-order valence-electron chi connectivity index (χ0n) is 11.0. The number of hydrogen-bond donors (Lipinski definition) is 0. The molecule has 0 saturated carbocycles. The highest BCUT2D eigenvalue weighted by molar-refractivity contribution is 9.10. The minimum absolute atomic E-state index is 0.820. The van der Waals surface area contributed by atoms with E-state index in [9.17, 15) is 0 Å². The lowest BCUT2D eigenvalue weighted by Gasteiger charge is -2.19. The molecule has 2 rings (SSSR count). The smallest absolute Gasteiger partial charge is 0.117 e. The van der Waals surface area contributed by atoms with Crippen molar-refractivity contribution >= 4 is 15.9 Å². The summed E-state index contributed by atoms with van der Waals surface area (Å²) in [7, 11) is 1.98. The van der Waals surface area contributed by atoms with Crippen LogP contribution in [0.15, 0.2) is 27.3 Å². The van der Waals surface area contributed by atoms with Gasteiger partial charge in [-0.1, -0.05) is 6.92 Å². The van der Waals surface area contributed by atoms with Gasteiger partial charge in [-0.3, -0.25) is 9.58 Å². The molecule has 0 aliphatic heterocycles. The van der Waals surface area contributed by atoms with E-state index in [0.29, 0.717) is 0 Å². The number of aromatic nitrogens is 2. The Balaban J connectivity index is 2.10. The van der Waals surface area contributed by atoms with Gasteiger partial charge in [0.15, 0.2) is 0 Å². The molecule has 0 bridgehead atoms. The van der Waals surface area contributed by atoms with E-state index in [1.54, 1.807) is 6.26 Å². The molecule has 0 spiro atoms. The van der Waals surface area contributed by atoms with Crippen LogP contribution in [0, 0.1) is 6.92 Å². The van der Waals surface area contributed by atoms with Gasteiger partial charge in [0.25, 0.3) is 0 Å². The topological polar surface area (TPSA) is 34.2 Å². The Morgan fingerprint density at radius 1 is 1.44 bits per heavy atom. The molecule has 0 radical (unpaired) electrons. The molecule has 2 aromatic heterocycles. The Morgan fingerprint density at radius 2 is 2.22 bits per heavy atom. The van der Waals surface area contributed by atoms with Crippen LogP contribution >= 0.6 is 15.9 Å². The molecular formula is C13H18BrN3O. The van der Waals surface area contributed by atoms with Gasteiger partial charge in [-0.25, -0.2) is 0 Å². The largest absolute Gasteiger partial charge is 0.468 e. The normalized spacial score (nSPS) is 11.4. The second-order valence-electron chi connectivity index (χ2n) is 4.35. The Hall–Kier alpha value is -1.07. The summed E-state index contributed by atoms with van der Waals surface area (Å²) >= 11 is 3.60. The highest BCUT2D eigenvalue weighted by Gasteiger charge is 2.14. The molecule has 5 heteroatoms. The Morgan fingerprint density at radius 3 is 2.72 bits per heavy atom. The Labute approximate surface area is 116 Å². The van der Waals surface area contributed by atoms with Gasteiger partial charge < -0.3 is 4.42 Å². The summed E-state index contributed by atoms with van der Waals surface area (Å²) in [4.78, 5) is 2.32. The van der Waals surface area contributed by atoms with Crippen molar-refractivity contribution in [1.82, 2.24) is 14.7 Å². The molecule has 0 aromatic carbocycles. The summed E-state index contributed by atoms with van der Waals surface area (Å²) in [5, 5.41) is 4.41. The summed E-state index contributed by atoms with van der Waals surface area (Å²) in [6, 6.07) is 3.93. The van der Waals surface area contributed by atoms with Crippen molar-refractivity contribution in [1.29, 1.82) is 0 Å². The number of aryl methyl sites for hydroxylation is 2. The van der Waals surface area contributed by atoms with Gasteiger partial charge >= 0.3 is 0 Å². The monoisotopic (exact) mass is 311 g/mol. The number of rotatable bonds is 5. The van der Waals surface area contributed by atoms with Crippen LogP contribution in [-0.4, -0.2) is 21.2 Å². The van der Waals surface area contributed by atoms with Crippen molar-refractivity contribution in [3.8, 4) is 0 Å². The van der Waals surface area contributed by atoms with Crippen molar-refractivity contribution in [2.24, 2.45) is 7.05 Å². The first-order valence-electron chi connectivity index (χ1n) is 6.04. The molecule has 98 valence electrons. The quantitative estimate of drug-likeness (QED) is 0.851. The standard InChI is InChI=1S/C13H18BrN3O/c1-4-17(8-11-6-5-7-18-11)9-12-13(14)10(2)15-16(12)3/h5-7H,4,8-9H2,1-3H3. The molecule has 18 heavy (non-hydrogen) atoms. The third kappa shape index (κ3) is 2.84. The molecule has 0 saturated heterocycles. The lowest BCUT2D eigenvalue weighted by atomic mass is 10.3. The molecule has 0 aliphatic rings. The van der Waals surface area contributed by atoms with Gasteiger partial charge in [0.05, 0.1) is 28.7 Å². The third-order valence-electron chi connectivity index (χ3n) is 3.04. The highest BCUT2D eigenvalue weighted by Crippen LogP contribution is 2.22. The summed E-state index contributed by atoms with van der Waals surface area (Å²) in [6.45, 7) is 6.81. The van der Waals surface area contributed by atoms with Gasteiger partial charge in [0.1, 0.15) is 5.76 Å². The zero-order chi connectivity index (χ0) is 13.1. The van der Waals surface area contributed by atoms with E-state index in [1.807, 2.05) is 30.8 Å². The van der Waals surface area contributed by atoms with Crippen LogP contribution in [0.2, 0.25) is 0 Å². The molecule has 4 nitrogen and oxygen atoms in total. The molecule has 0 aliphatic carbocycles. The number of hydrogen-bond acceptors (Lipinski definition) is 3. The van der Waals surface area contributed by atoms with Crippen LogP contribution in [0.25, 0.3) is 0 Å². The predicted octanol–water partition coefficient (Wildman–Crippen LogP) is 3.11. The predicted molar refractivity (Wildman–Crippen MR) is 74.1 cm³/mol. The van der Waals surface area contributed by atoms with E-state index in [-0.39, 0.29) is 0 Å². The van der Waals surface area contributed by atoms with Crippen LogP contribution in [0.3, 0.4) is 0 Å². The van der Waals surface area contributed by atoms with Gasteiger partial charge in [0, 0.05) is 13.6 Å². The highest BCUT2D eigenvalue weighted by atomic mass is 79.9. The maximum absolute atomic E-state index is 5.39. The van der Waals surface area contributed by atoms with Gasteiger partial charge in [-0.05, 0) is 41.5 Å². The molecule has 2 aromatic rings. The van der Waals surface area contributed by atoms with E-state index >= 15 is 0 Å². The fourth-order valence-corrected chi connectivity index (χ4v) is 2.43. The Bertz CT molecular complexity index is 505. The van der Waals surface area contributed by atoms with Crippen LogP contribution in [0.1, 0.15) is 24.1 Å². The van der Waals surface area contributed by atoms with E-state index < -0.39 is 0 Å². The molecule has 2 heterocycles. The summed E-state index contributed by atoms with van der Waals surface area (Å²) in [5.74, 6) is 0.992. The van der Waals surface area contributed by atoms with Crippen molar-refractivity contribution in [2.75, 3.05) is 6.54 Å². The van der Waals surface area contributed by atoms with Gasteiger partial charge in [-0.2, -0.15) is 5.10 Å². The maximum Gasteiger partial charge on any atom is 0.117 e. The van der Waals surface area contributed by atoms with Gasteiger partial charge in [-0.15, -0.1) is 0 Å². The third-order valence-corrected chi connectivity index (χ3v) is 4.07. The van der Waals surface area contributed by atoms with Crippen LogP contribution in [-0.2, 0) is 20.1 Å². The number of furan rings is 1. The second kappa shape index (κ2) is 5.71. The van der Waals surface area contributed by atoms with Gasteiger partial charge in [0.2, 0.25) is 0 Å². The van der Waals surface area contributed by atoms with Crippen molar-refractivity contribution in [3.05, 3.63) is 40.0 Å². The first-order chi connectivity index (χ1) is 8.61.